The van der Waals surface area contributed by atoms with Crippen LogP contribution < -0.4 is 4.72 Å². The van der Waals surface area contributed by atoms with Crippen molar-refractivity contribution in [3.8, 4) is 11.1 Å². The molecule has 9 heteroatoms. The minimum atomic E-state index is -3.60. The summed E-state index contributed by atoms with van der Waals surface area (Å²) in [6, 6.07) is 2.07. The van der Waals surface area contributed by atoms with Crippen molar-refractivity contribution in [2.24, 2.45) is 7.05 Å². The molecule has 0 spiro atoms. The molecule has 3 aromatic heterocycles. The van der Waals surface area contributed by atoms with Crippen molar-refractivity contribution in [2.75, 3.05) is 6.54 Å². The second-order valence-electron chi connectivity index (χ2n) is 6.30. The molecule has 0 aliphatic heterocycles. The molecule has 0 fully saturated rings. The molecule has 0 aliphatic carbocycles. The van der Waals surface area contributed by atoms with E-state index in [2.05, 4.69) is 26.4 Å². The van der Waals surface area contributed by atoms with Gasteiger partial charge in [-0.25, -0.2) is 13.1 Å². The van der Waals surface area contributed by atoms with Crippen molar-refractivity contribution < 1.29 is 8.42 Å². The summed E-state index contributed by atoms with van der Waals surface area (Å²) in [6.07, 6.45) is 0. The first kappa shape index (κ1) is 18.8. The number of rotatable bonds is 6. The highest BCUT2D eigenvalue weighted by Gasteiger charge is 2.23. The van der Waals surface area contributed by atoms with Gasteiger partial charge in [0.25, 0.3) is 0 Å². The highest BCUT2D eigenvalue weighted by Crippen LogP contribution is 2.28. The summed E-state index contributed by atoms with van der Waals surface area (Å²) in [6.45, 7) is 8.17. The Bertz CT molecular complexity index is 1030. The fourth-order valence-electron chi connectivity index (χ4n) is 3.24. The number of hydrogen-bond acceptors (Lipinski definition) is 5. The van der Waals surface area contributed by atoms with Crippen LogP contribution in [0, 0.1) is 27.7 Å². The second kappa shape index (κ2) is 6.98. The monoisotopic (exact) mass is 393 g/mol. The average molecular weight is 394 g/mol. The van der Waals surface area contributed by atoms with E-state index in [1.54, 1.807) is 36.9 Å². The zero-order valence-electron chi connectivity index (χ0n) is 15.6. The SMILES string of the molecule is Cc1nn(CCNS(=O)(=O)c2c(C)nn(C)c2C)c(C)c1-c1ccsc1. The maximum Gasteiger partial charge on any atom is 0.244 e. The summed E-state index contributed by atoms with van der Waals surface area (Å²) < 4.78 is 31.4. The Hall–Kier alpha value is -1.97. The van der Waals surface area contributed by atoms with Crippen LogP contribution in [0.4, 0.5) is 0 Å². The first-order chi connectivity index (χ1) is 12.2. The Balaban J connectivity index is 1.75. The number of aryl methyl sites for hydroxylation is 3. The van der Waals surface area contributed by atoms with Crippen LogP contribution in [0.25, 0.3) is 11.1 Å². The molecular formula is C17H23N5O2S2. The summed E-state index contributed by atoms with van der Waals surface area (Å²) in [4.78, 5) is 0.257. The van der Waals surface area contributed by atoms with Crippen LogP contribution >= 0.6 is 11.3 Å². The lowest BCUT2D eigenvalue weighted by molar-refractivity contribution is 0.553. The van der Waals surface area contributed by atoms with E-state index >= 15 is 0 Å². The molecule has 0 bridgehead atoms. The van der Waals surface area contributed by atoms with Crippen molar-refractivity contribution in [3.63, 3.8) is 0 Å². The Labute approximate surface area is 157 Å². The zero-order valence-corrected chi connectivity index (χ0v) is 17.2. The maximum atomic E-state index is 12.6. The van der Waals surface area contributed by atoms with Gasteiger partial charge in [0.2, 0.25) is 10.0 Å². The predicted octanol–water partition coefficient (Wildman–Crippen LogP) is 2.56. The third kappa shape index (κ3) is 3.34. The van der Waals surface area contributed by atoms with Gasteiger partial charge in [0, 0.05) is 24.8 Å². The zero-order chi connectivity index (χ0) is 19.1. The molecule has 140 valence electrons. The number of aromatic nitrogens is 4. The molecule has 3 aromatic rings. The summed E-state index contributed by atoms with van der Waals surface area (Å²) in [5.41, 5.74) is 5.38. The maximum absolute atomic E-state index is 12.6. The normalized spacial score (nSPS) is 12.0. The van der Waals surface area contributed by atoms with Gasteiger partial charge in [-0.15, -0.1) is 0 Å². The third-order valence-electron chi connectivity index (χ3n) is 4.52. The number of thiophene rings is 1. The van der Waals surface area contributed by atoms with Crippen LogP contribution in [0.3, 0.4) is 0 Å². The first-order valence-electron chi connectivity index (χ1n) is 8.29. The molecule has 0 unspecified atom stereocenters. The van der Waals surface area contributed by atoms with Crippen LogP contribution in [-0.4, -0.2) is 34.5 Å². The number of hydrogen-bond donors (Lipinski definition) is 1. The Kier molecular flexibility index (Phi) is 5.05. The van der Waals surface area contributed by atoms with Crippen molar-refractivity contribution in [3.05, 3.63) is 39.6 Å². The van der Waals surface area contributed by atoms with Gasteiger partial charge in [0.1, 0.15) is 4.90 Å². The van der Waals surface area contributed by atoms with Gasteiger partial charge < -0.3 is 0 Å². The molecule has 0 aliphatic rings. The molecule has 1 N–H and O–H groups in total. The van der Waals surface area contributed by atoms with Crippen LogP contribution in [0.15, 0.2) is 21.7 Å². The van der Waals surface area contributed by atoms with E-state index in [1.807, 2.05) is 23.9 Å². The van der Waals surface area contributed by atoms with Crippen LogP contribution in [0.2, 0.25) is 0 Å². The van der Waals surface area contributed by atoms with Crippen molar-refractivity contribution in [1.29, 1.82) is 0 Å². The molecule has 0 aromatic carbocycles. The van der Waals surface area contributed by atoms with E-state index in [0.717, 1.165) is 22.5 Å². The average Bonchev–Trinajstić information content (AvgIpc) is 3.21. The molecule has 0 saturated heterocycles. The van der Waals surface area contributed by atoms with Crippen LogP contribution in [-0.2, 0) is 23.6 Å². The molecule has 0 amide bonds. The third-order valence-corrected chi connectivity index (χ3v) is 6.91. The summed E-state index contributed by atoms with van der Waals surface area (Å²) in [5, 5.41) is 12.9. The van der Waals surface area contributed by atoms with E-state index in [0.29, 0.717) is 17.9 Å². The number of nitrogens with zero attached hydrogens (tertiary/aromatic N) is 4. The Morgan fingerprint density at radius 2 is 1.85 bits per heavy atom. The van der Waals surface area contributed by atoms with Crippen molar-refractivity contribution in [1.82, 2.24) is 24.3 Å². The fraction of sp³-hybridized carbons (Fsp3) is 0.412. The lowest BCUT2D eigenvalue weighted by Gasteiger charge is -2.09. The Morgan fingerprint density at radius 3 is 2.42 bits per heavy atom. The quantitative estimate of drug-likeness (QED) is 0.698. The number of sulfonamides is 1. The standard InChI is InChI=1S/C17H23N5O2S2/c1-11-16(15-6-9-25-10-15)13(3)22(20-11)8-7-18-26(23,24)17-12(2)19-21(5)14(17)4/h6,9-10,18H,7-8H2,1-5H3. The van der Waals surface area contributed by atoms with Gasteiger partial charge in [0.15, 0.2) is 0 Å². The van der Waals surface area contributed by atoms with Gasteiger partial charge >= 0.3 is 0 Å². The van der Waals surface area contributed by atoms with Crippen molar-refractivity contribution in [2.45, 2.75) is 39.1 Å². The van der Waals surface area contributed by atoms with E-state index in [9.17, 15) is 8.42 Å². The van der Waals surface area contributed by atoms with E-state index < -0.39 is 10.0 Å². The van der Waals surface area contributed by atoms with Gasteiger partial charge in [-0.2, -0.15) is 21.5 Å². The summed E-state index contributed by atoms with van der Waals surface area (Å²) >= 11 is 1.65. The van der Waals surface area contributed by atoms with Gasteiger partial charge in [-0.05, 0) is 50.1 Å². The number of nitrogens with one attached hydrogen (secondary N) is 1. The molecule has 7 nitrogen and oxygen atoms in total. The first-order valence-corrected chi connectivity index (χ1v) is 10.7. The summed E-state index contributed by atoms with van der Waals surface area (Å²) in [5.74, 6) is 0. The van der Waals surface area contributed by atoms with Gasteiger partial charge in [0.05, 0.1) is 23.6 Å². The van der Waals surface area contributed by atoms with E-state index in [1.165, 1.54) is 0 Å². The molecule has 0 saturated carbocycles. The lowest BCUT2D eigenvalue weighted by atomic mass is 10.1. The van der Waals surface area contributed by atoms with Crippen molar-refractivity contribution >= 4 is 21.4 Å². The molecule has 0 atom stereocenters. The fourth-order valence-corrected chi connectivity index (χ4v) is 5.34. The van der Waals surface area contributed by atoms with Crippen LogP contribution in [0.1, 0.15) is 22.8 Å². The summed E-state index contributed by atoms with van der Waals surface area (Å²) in [7, 11) is -1.86. The van der Waals surface area contributed by atoms with Crippen LogP contribution in [0.5, 0.6) is 0 Å². The lowest BCUT2D eigenvalue weighted by Crippen LogP contribution is -2.28. The minimum Gasteiger partial charge on any atom is -0.271 e. The topological polar surface area (TPSA) is 81.8 Å². The molecular weight excluding hydrogens is 370 g/mol. The second-order valence-corrected chi connectivity index (χ2v) is 8.79. The molecule has 0 radical (unpaired) electrons. The van der Waals surface area contributed by atoms with Gasteiger partial charge in [-0.3, -0.25) is 9.36 Å². The Morgan fingerprint density at radius 1 is 1.12 bits per heavy atom. The smallest absolute Gasteiger partial charge is 0.244 e. The van der Waals surface area contributed by atoms with Gasteiger partial charge in [-0.1, -0.05) is 0 Å². The minimum absolute atomic E-state index is 0.257. The van der Waals surface area contributed by atoms with E-state index in [4.69, 9.17) is 0 Å². The highest BCUT2D eigenvalue weighted by atomic mass is 32.2. The largest absolute Gasteiger partial charge is 0.271 e. The van der Waals surface area contributed by atoms with E-state index in [-0.39, 0.29) is 11.4 Å². The highest BCUT2D eigenvalue weighted by molar-refractivity contribution is 7.89. The molecule has 3 heterocycles. The molecule has 3 rings (SSSR count). The molecule has 26 heavy (non-hydrogen) atoms. The predicted molar refractivity (Wildman–Crippen MR) is 103 cm³/mol.